The fourth-order valence-corrected chi connectivity index (χ4v) is 3.37. The Morgan fingerprint density at radius 1 is 0.870 bits per heavy atom. The average Bonchev–Trinajstić information content (AvgIpc) is 2.62. The maximum Gasteiger partial charge on any atom is 0.120 e. The molecule has 3 aromatic carbocycles. The van der Waals surface area contributed by atoms with E-state index in [9.17, 15) is 0 Å². The van der Waals surface area contributed by atoms with Crippen LogP contribution in [0.1, 0.15) is 12.0 Å². The Kier molecular flexibility index (Phi) is 3.89. The molecule has 1 heterocycles. The second-order valence-electron chi connectivity index (χ2n) is 6.08. The zero-order valence-electron chi connectivity index (χ0n) is 13.2. The van der Waals surface area contributed by atoms with Gasteiger partial charge in [0.15, 0.2) is 0 Å². The van der Waals surface area contributed by atoms with Crippen molar-refractivity contribution in [2.45, 2.75) is 12.8 Å². The monoisotopic (exact) mass is 303 g/mol. The van der Waals surface area contributed by atoms with Crippen molar-refractivity contribution in [2.24, 2.45) is 0 Å². The van der Waals surface area contributed by atoms with Crippen LogP contribution >= 0.6 is 0 Å². The van der Waals surface area contributed by atoms with Crippen molar-refractivity contribution >= 4 is 16.5 Å². The zero-order chi connectivity index (χ0) is 15.5. The Labute approximate surface area is 137 Å². The van der Waals surface area contributed by atoms with Gasteiger partial charge >= 0.3 is 0 Å². The van der Waals surface area contributed by atoms with Gasteiger partial charge in [0.05, 0.1) is 6.54 Å². The molecule has 2 heteroatoms. The highest BCUT2D eigenvalue weighted by atomic mass is 16.5. The van der Waals surface area contributed by atoms with Crippen LogP contribution in [0.25, 0.3) is 10.8 Å². The lowest BCUT2D eigenvalue weighted by Crippen LogP contribution is -2.33. The number of nitrogens with zero attached hydrogens (tertiary/aromatic N) is 1. The first kappa shape index (κ1) is 14.1. The number of anilines is 1. The third-order valence-electron chi connectivity index (χ3n) is 4.56. The number of aryl methyl sites for hydroxylation is 1. The van der Waals surface area contributed by atoms with Gasteiger partial charge in [-0.2, -0.15) is 0 Å². The van der Waals surface area contributed by atoms with Crippen LogP contribution in [0, 0.1) is 0 Å². The van der Waals surface area contributed by atoms with E-state index in [0.29, 0.717) is 6.61 Å². The molecule has 0 spiro atoms. The summed E-state index contributed by atoms with van der Waals surface area (Å²) in [6.07, 6.45) is 2.42. The van der Waals surface area contributed by atoms with E-state index in [2.05, 4.69) is 71.6 Å². The fraction of sp³-hybridized carbons (Fsp3) is 0.238. The van der Waals surface area contributed by atoms with Crippen molar-refractivity contribution < 1.29 is 4.74 Å². The van der Waals surface area contributed by atoms with Gasteiger partial charge in [0.25, 0.3) is 0 Å². The third kappa shape index (κ3) is 3.02. The molecule has 1 aliphatic rings. The van der Waals surface area contributed by atoms with Crippen LogP contribution in [0.3, 0.4) is 0 Å². The maximum absolute atomic E-state index is 5.99. The number of rotatable bonds is 4. The summed E-state index contributed by atoms with van der Waals surface area (Å²) in [4.78, 5) is 2.44. The molecule has 3 aromatic rings. The zero-order valence-corrected chi connectivity index (χ0v) is 13.2. The van der Waals surface area contributed by atoms with Gasteiger partial charge in [-0.1, -0.05) is 48.5 Å². The third-order valence-corrected chi connectivity index (χ3v) is 4.56. The number of hydrogen-bond donors (Lipinski definition) is 0. The Morgan fingerprint density at radius 2 is 1.70 bits per heavy atom. The lowest BCUT2D eigenvalue weighted by atomic mass is 10.0. The van der Waals surface area contributed by atoms with E-state index in [4.69, 9.17) is 4.74 Å². The predicted octanol–water partition coefficient (Wildman–Crippen LogP) is 4.67. The lowest BCUT2D eigenvalue weighted by molar-refractivity contribution is 0.323. The van der Waals surface area contributed by atoms with E-state index in [1.54, 1.807) is 0 Å². The molecule has 0 unspecified atom stereocenters. The first-order chi connectivity index (χ1) is 11.4. The van der Waals surface area contributed by atoms with Crippen LogP contribution in [-0.4, -0.2) is 19.7 Å². The Bertz CT molecular complexity index is 812. The lowest BCUT2D eigenvalue weighted by Gasteiger charge is -2.31. The van der Waals surface area contributed by atoms with Crippen LogP contribution in [0.4, 0.5) is 5.69 Å². The summed E-state index contributed by atoms with van der Waals surface area (Å²) in [7, 11) is 0. The molecular weight excluding hydrogens is 282 g/mol. The molecule has 116 valence electrons. The van der Waals surface area contributed by atoms with E-state index in [0.717, 1.165) is 18.8 Å². The van der Waals surface area contributed by atoms with E-state index in [1.165, 1.54) is 34.9 Å². The molecule has 0 aliphatic carbocycles. The molecule has 0 saturated carbocycles. The van der Waals surface area contributed by atoms with Gasteiger partial charge in [-0.3, -0.25) is 0 Å². The first-order valence-electron chi connectivity index (χ1n) is 8.35. The standard InChI is InChI=1S/C21H21NO/c1-2-8-19-16-20(12-11-17(19)6-1)23-15-14-22-13-5-9-18-7-3-4-10-21(18)22/h1-4,6-8,10-12,16H,5,9,13-15H2. The summed E-state index contributed by atoms with van der Waals surface area (Å²) >= 11 is 0. The summed E-state index contributed by atoms with van der Waals surface area (Å²) in [6.45, 7) is 2.77. The van der Waals surface area contributed by atoms with Gasteiger partial charge in [0, 0.05) is 12.2 Å². The number of para-hydroxylation sites is 1. The molecule has 0 N–H and O–H groups in total. The topological polar surface area (TPSA) is 12.5 Å². The molecule has 0 bridgehead atoms. The maximum atomic E-state index is 5.99. The van der Waals surface area contributed by atoms with E-state index in [-0.39, 0.29) is 0 Å². The molecule has 0 aromatic heterocycles. The first-order valence-corrected chi connectivity index (χ1v) is 8.35. The Balaban J connectivity index is 1.42. The Morgan fingerprint density at radius 3 is 2.65 bits per heavy atom. The van der Waals surface area contributed by atoms with Crippen LogP contribution in [0.2, 0.25) is 0 Å². The molecule has 0 amide bonds. The summed E-state index contributed by atoms with van der Waals surface area (Å²) in [6, 6.07) is 23.4. The SMILES string of the molecule is c1ccc2c(c1)CCCN2CCOc1ccc2ccccc2c1. The number of benzene rings is 3. The van der Waals surface area contributed by atoms with E-state index < -0.39 is 0 Å². The second kappa shape index (κ2) is 6.33. The van der Waals surface area contributed by atoms with Gasteiger partial charge in [-0.15, -0.1) is 0 Å². The molecule has 4 rings (SSSR count). The van der Waals surface area contributed by atoms with Gasteiger partial charge in [0.2, 0.25) is 0 Å². The van der Waals surface area contributed by atoms with Crippen molar-refractivity contribution in [3.63, 3.8) is 0 Å². The molecule has 2 nitrogen and oxygen atoms in total. The largest absolute Gasteiger partial charge is 0.492 e. The van der Waals surface area contributed by atoms with Crippen molar-refractivity contribution in [2.75, 3.05) is 24.6 Å². The minimum absolute atomic E-state index is 0.715. The van der Waals surface area contributed by atoms with Crippen molar-refractivity contribution in [1.29, 1.82) is 0 Å². The Hall–Kier alpha value is -2.48. The highest BCUT2D eigenvalue weighted by molar-refractivity contribution is 5.83. The second-order valence-corrected chi connectivity index (χ2v) is 6.08. The minimum atomic E-state index is 0.715. The molecule has 0 fully saturated rings. The number of fused-ring (bicyclic) bond motifs is 2. The van der Waals surface area contributed by atoms with Crippen LogP contribution < -0.4 is 9.64 Å². The van der Waals surface area contributed by atoms with Crippen molar-refractivity contribution in [3.05, 3.63) is 72.3 Å². The number of hydrogen-bond acceptors (Lipinski definition) is 2. The molecule has 1 aliphatic heterocycles. The van der Waals surface area contributed by atoms with Gasteiger partial charge in [-0.25, -0.2) is 0 Å². The molecule has 0 atom stereocenters. The molecule has 0 saturated heterocycles. The molecular formula is C21H21NO. The van der Waals surface area contributed by atoms with E-state index >= 15 is 0 Å². The fourth-order valence-electron chi connectivity index (χ4n) is 3.37. The predicted molar refractivity (Wildman–Crippen MR) is 96.4 cm³/mol. The summed E-state index contributed by atoms with van der Waals surface area (Å²) in [5.41, 5.74) is 2.84. The summed E-state index contributed by atoms with van der Waals surface area (Å²) in [5.74, 6) is 0.953. The normalized spacial score (nSPS) is 13.8. The van der Waals surface area contributed by atoms with Crippen LogP contribution in [-0.2, 0) is 6.42 Å². The highest BCUT2D eigenvalue weighted by Gasteiger charge is 2.15. The summed E-state index contributed by atoms with van der Waals surface area (Å²) in [5, 5.41) is 2.48. The smallest absolute Gasteiger partial charge is 0.120 e. The van der Waals surface area contributed by atoms with Crippen LogP contribution in [0.15, 0.2) is 66.7 Å². The number of ether oxygens (including phenoxy) is 1. The molecule has 23 heavy (non-hydrogen) atoms. The molecule has 0 radical (unpaired) electrons. The average molecular weight is 303 g/mol. The summed E-state index contributed by atoms with van der Waals surface area (Å²) < 4.78 is 5.99. The van der Waals surface area contributed by atoms with Gasteiger partial charge in [-0.05, 0) is 47.4 Å². The van der Waals surface area contributed by atoms with Crippen LogP contribution in [0.5, 0.6) is 5.75 Å². The van der Waals surface area contributed by atoms with Crippen molar-refractivity contribution in [3.8, 4) is 5.75 Å². The van der Waals surface area contributed by atoms with Crippen molar-refractivity contribution in [1.82, 2.24) is 0 Å². The quantitative estimate of drug-likeness (QED) is 0.694. The van der Waals surface area contributed by atoms with E-state index in [1.807, 2.05) is 0 Å². The highest BCUT2D eigenvalue weighted by Crippen LogP contribution is 2.26. The van der Waals surface area contributed by atoms with Gasteiger partial charge in [0.1, 0.15) is 12.4 Å². The minimum Gasteiger partial charge on any atom is -0.492 e. The van der Waals surface area contributed by atoms with Gasteiger partial charge < -0.3 is 9.64 Å².